The summed E-state index contributed by atoms with van der Waals surface area (Å²) in [4.78, 5) is 26.4. The van der Waals surface area contributed by atoms with Crippen LogP contribution in [0.4, 0.5) is 4.79 Å². The molecule has 26 heavy (non-hydrogen) atoms. The van der Waals surface area contributed by atoms with E-state index in [-0.39, 0.29) is 12.5 Å². The van der Waals surface area contributed by atoms with Crippen LogP contribution in [0, 0.1) is 0 Å². The Bertz CT molecular complexity index is 867. The van der Waals surface area contributed by atoms with Crippen molar-refractivity contribution in [1.82, 2.24) is 10.2 Å². The molecule has 1 aromatic carbocycles. The van der Waals surface area contributed by atoms with Gasteiger partial charge < -0.3 is 19.2 Å². The van der Waals surface area contributed by atoms with E-state index in [4.69, 9.17) is 25.5 Å². The number of imide groups is 1. The van der Waals surface area contributed by atoms with Crippen molar-refractivity contribution in [3.05, 3.63) is 46.9 Å². The van der Waals surface area contributed by atoms with Gasteiger partial charge in [-0.25, -0.2) is 4.79 Å². The van der Waals surface area contributed by atoms with Gasteiger partial charge in [0.1, 0.15) is 5.76 Å². The van der Waals surface area contributed by atoms with Gasteiger partial charge in [-0.3, -0.25) is 9.69 Å². The number of carbonyl (C=O) groups excluding carboxylic acids is 2. The van der Waals surface area contributed by atoms with E-state index in [0.29, 0.717) is 41.1 Å². The number of carbonyl (C=O) groups is 2. The minimum Gasteiger partial charge on any atom is -0.489 e. The summed E-state index contributed by atoms with van der Waals surface area (Å²) in [5, 5.41) is 3.08. The quantitative estimate of drug-likeness (QED) is 0.832. The molecule has 1 aromatic heterocycles. The van der Waals surface area contributed by atoms with E-state index in [1.165, 1.54) is 6.26 Å². The van der Waals surface area contributed by atoms with Crippen molar-refractivity contribution in [2.75, 3.05) is 13.2 Å². The maximum absolute atomic E-state index is 12.9. The van der Waals surface area contributed by atoms with E-state index in [1.54, 1.807) is 31.2 Å². The number of furan rings is 1. The van der Waals surface area contributed by atoms with E-state index in [1.807, 2.05) is 0 Å². The molecule has 8 heteroatoms. The van der Waals surface area contributed by atoms with E-state index in [2.05, 4.69) is 5.32 Å². The smallest absolute Gasteiger partial charge is 0.325 e. The number of nitrogens with zero attached hydrogens (tertiary/aromatic N) is 1. The van der Waals surface area contributed by atoms with Crippen LogP contribution in [0.1, 0.15) is 24.7 Å². The zero-order valence-corrected chi connectivity index (χ0v) is 14.8. The third kappa shape index (κ3) is 2.68. The van der Waals surface area contributed by atoms with Crippen molar-refractivity contribution in [1.29, 1.82) is 0 Å². The lowest BCUT2D eigenvalue weighted by Crippen LogP contribution is -2.40. The molecule has 2 aromatic rings. The average Bonchev–Trinajstić information content (AvgIpc) is 3.13. The van der Waals surface area contributed by atoms with Crippen LogP contribution in [0.2, 0.25) is 5.02 Å². The number of ether oxygens (including phenoxy) is 2. The van der Waals surface area contributed by atoms with Gasteiger partial charge in [0.2, 0.25) is 0 Å². The van der Waals surface area contributed by atoms with Crippen LogP contribution in [-0.2, 0) is 16.9 Å². The minimum absolute atomic E-state index is 0.0668. The van der Waals surface area contributed by atoms with Crippen LogP contribution >= 0.6 is 11.6 Å². The summed E-state index contributed by atoms with van der Waals surface area (Å²) < 4.78 is 16.6. The summed E-state index contributed by atoms with van der Waals surface area (Å²) in [6.45, 7) is 2.73. The van der Waals surface area contributed by atoms with Gasteiger partial charge in [0.25, 0.3) is 5.91 Å². The molecule has 1 N–H and O–H groups in total. The number of rotatable bonds is 3. The van der Waals surface area contributed by atoms with Crippen LogP contribution in [0.3, 0.4) is 0 Å². The van der Waals surface area contributed by atoms with E-state index in [9.17, 15) is 9.59 Å². The van der Waals surface area contributed by atoms with Gasteiger partial charge in [-0.05, 0) is 36.8 Å². The molecule has 0 spiro atoms. The number of hydrogen-bond acceptors (Lipinski definition) is 5. The molecule has 136 valence electrons. The van der Waals surface area contributed by atoms with Gasteiger partial charge in [0.05, 0.1) is 31.0 Å². The lowest BCUT2D eigenvalue weighted by molar-refractivity contribution is -0.132. The van der Waals surface area contributed by atoms with Crippen LogP contribution in [0.25, 0.3) is 0 Å². The number of fused-ring (bicyclic) bond motifs is 1. The lowest BCUT2D eigenvalue weighted by Gasteiger charge is -2.19. The van der Waals surface area contributed by atoms with Crippen LogP contribution in [0.15, 0.2) is 34.9 Å². The van der Waals surface area contributed by atoms with Crippen LogP contribution < -0.4 is 14.8 Å². The zero-order chi connectivity index (χ0) is 18.3. The monoisotopic (exact) mass is 376 g/mol. The molecule has 0 unspecified atom stereocenters. The number of halogens is 1. The van der Waals surface area contributed by atoms with Gasteiger partial charge in [-0.2, -0.15) is 0 Å². The fourth-order valence-electron chi connectivity index (χ4n) is 3.13. The van der Waals surface area contributed by atoms with E-state index < -0.39 is 11.6 Å². The number of nitrogens with one attached hydrogen (secondary N) is 1. The highest BCUT2D eigenvalue weighted by molar-refractivity contribution is 6.32. The van der Waals surface area contributed by atoms with Gasteiger partial charge in [0.15, 0.2) is 17.0 Å². The van der Waals surface area contributed by atoms with Crippen LogP contribution in [0.5, 0.6) is 11.5 Å². The zero-order valence-electron chi connectivity index (χ0n) is 14.1. The predicted octanol–water partition coefficient (Wildman–Crippen LogP) is 3.06. The Morgan fingerprint density at radius 2 is 2.08 bits per heavy atom. The molecule has 2 aliphatic rings. The number of amides is 3. The van der Waals surface area contributed by atoms with Gasteiger partial charge in [-0.15, -0.1) is 0 Å². The third-order valence-corrected chi connectivity index (χ3v) is 4.77. The molecule has 1 fully saturated rings. The minimum atomic E-state index is -1.23. The molecule has 1 saturated heterocycles. The highest BCUT2D eigenvalue weighted by Gasteiger charge is 2.50. The second kappa shape index (κ2) is 6.25. The molecule has 0 saturated carbocycles. The molecular formula is C18H17ClN2O5. The van der Waals surface area contributed by atoms with E-state index >= 15 is 0 Å². The molecular weight excluding hydrogens is 360 g/mol. The maximum atomic E-state index is 12.9. The first-order valence-electron chi connectivity index (χ1n) is 8.25. The first-order valence-corrected chi connectivity index (χ1v) is 8.63. The Balaban J connectivity index is 1.62. The van der Waals surface area contributed by atoms with Gasteiger partial charge >= 0.3 is 6.03 Å². The SMILES string of the molecule is C[C@]1(c2ccco2)NC(=O)N(Cc2cc(Cl)c3c(c2)OCCCO3)C1=O. The Hall–Kier alpha value is -2.67. The van der Waals surface area contributed by atoms with Crippen LogP contribution in [-0.4, -0.2) is 30.1 Å². The fourth-order valence-corrected chi connectivity index (χ4v) is 3.42. The highest BCUT2D eigenvalue weighted by atomic mass is 35.5. The standard InChI is InChI=1S/C18H17ClN2O5/c1-18(14-4-2-5-25-14)16(22)21(17(23)20-18)10-11-8-12(19)15-13(9-11)24-6-3-7-26-15/h2,4-5,8-9H,3,6-7,10H2,1H3,(H,20,23)/t18-/m1/s1. The topological polar surface area (TPSA) is 81.0 Å². The lowest BCUT2D eigenvalue weighted by atomic mass is 9.99. The second-order valence-electron chi connectivity index (χ2n) is 6.38. The first-order chi connectivity index (χ1) is 12.5. The largest absolute Gasteiger partial charge is 0.489 e. The Morgan fingerprint density at radius 3 is 2.85 bits per heavy atom. The molecule has 3 amide bonds. The summed E-state index contributed by atoms with van der Waals surface area (Å²) >= 11 is 6.29. The summed E-state index contributed by atoms with van der Waals surface area (Å²) in [6.07, 6.45) is 2.22. The first kappa shape index (κ1) is 16.8. The van der Waals surface area contributed by atoms with Crippen molar-refractivity contribution in [3.8, 4) is 11.5 Å². The second-order valence-corrected chi connectivity index (χ2v) is 6.79. The van der Waals surface area contributed by atoms with Gasteiger partial charge in [-0.1, -0.05) is 11.6 Å². The summed E-state index contributed by atoms with van der Waals surface area (Å²) in [5.74, 6) is 1.01. The molecule has 3 heterocycles. The molecule has 7 nitrogen and oxygen atoms in total. The Morgan fingerprint density at radius 1 is 1.27 bits per heavy atom. The Kier molecular flexibility index (Phi) is 4.03. The van der Waals surface area contributed by atoms with Crippen molar-refractivity contribution in [2.45, 2.75) is 25.4 Å². The molecule has 2 aliphatic heterocycles. The molecule has 4 rings (SSSR count). The van der Waals surface area contributed by atoms with Crippen molar-refractivity contribution in [3.63, 3.8) is 0 Å². The Labute approximate surface area is 154 Å². The molecule has 0 radical (unpaired) electrons. The van der Waals surface area contributed by atoms with Crippen molar-refractivity contribution >= 4 is 23.5 Å². The number of benzene rings is 1. The third-order valence-electron chi connectivity index (χ3n) is 4.49. The summed E-state index contributed by atoms with van der Waals surface area (Å²) in [6, 6.07) is 6.27. The number of urea groups is 1. The average molecular weight is 377 g/mol. The van der Waals surface area contributed by atoms with Crippen molar-refractivity contribution < 1.29 is 23.5 Å². The normalized spacial score (nSPS) is 22.3. The molecule has 1 atom stereocenters. The summed E-state index contributed by atoms with van der Waals surface area (Å²) in [7, 11) is 0. The van der Waals surface area contributed by atoms with Crippen molar-refractivity contribution in [2.24, 2.45) is 0 Å². The highest BCUT2D eigenvalue weighted by Crippen LogP contribution is 2.39. The summed E-state index contributed by atoms with van der Waals surface area (Å²) in [5.41, 5.74) is -0.554. The maximum Gasteiger partial charge on any atom is 0.325 e. The predicted molar refractivity (Wildman–Crippen MR) is 92.2 cm³/mol. The van der Waals surface area contributed by atoms with Gasteiger partial charge in [0, 0.05) is 6.42 Å². The number of hydrogen-bond donors (Lipinski definition) is 1. The molecule has 0 bridgehead atoms. The van der Waals surface area contributed by atoms with E-state index in [0.717, 1.165) is 11.3 Å². The molecule has 0 aliphatic carbocycles. The fraction of sp³-hybridized carbons (Fsp3) is 0.333.